The van der Waals surface area contributed by atoms with Crippen molar-refractivity contribution in [3.63, 3.8) is 0 Å². The van der Waals surface area contributed by atoms with Crippen LogP contribution in [0.2, 0.25) is 5.02 Å². The molecule has 0 aliphatic carbocycles. The third-order valence-electron chi connectivity index (χ3n) is 1.97. The monoisotopic (exact) mass is 180 g/mol. The number of anilines is 1. The number of nitrogens with one attached hydrogen (secondary N) is 1. The number of nitrogens with two attached hydrogens (primary N) is 1. The fourth-order valence-electron chi connectivity index (χ4n) is 1.34. The van der Waals surface area contributed by atoms with Crippen molar-refractivity contribution in [1.29, 1.82) is 0 Å². The predicted molar refractivity (Wildman–Crippen MR) is 52.5 cm³/mol. The molecule has 1 aromatic heterocycles. The molecule has 12 heavy (non-hydrogen) atoms. The van der Waals surface area contributed by atoms with Crippen molar-refractivity contribution >= 4 is 28.2 Å². The first kappa shape index (κ1) is 7.50. The van der Waals surface area contributed by atoms with Gasteiger partial charge in [0.1, 0.15) is 0 Å². The molecule has 2 nitrogen and oxygen atoms in total. The van der Waals surface area contributed by atoms with Crippen LogP contribution in [-0.4, -0.2) is 4.98 Å². The quantitative estimate of drug-likeness (QED) is 0.602. The Morgan fingerprint density at radius 2 is 2.17 bits per heavy atom. The van der Waals surface area contributed by atoms with Gasteiger partial charge in [0.15, 0.2) is 0 Å². The summed E-state index contributed by atoms with van der Waals surface area (Å²) >= 11 is 5.96. The van der Waals surface area contributed by atoms with Crippen LogP contribution >= 0.6 is 11.6 Å². The second-order valence-electron chi connectivity index (χ2n) is 2.90. The molecule has 0 saturated heterocycles. The number of hydrogen-bond acceptors (Lipinski definition) is 1. The van der Waals surface area contributed by atoms with Crippen LogP contribution in [-0.2, 0) is 0 Å². The summed E-state index contributed by atoms with van der Waals surface area (Å²) in [5, 5.41) is 1.78. The third-order valence-corrected chi connectivity index (χ3v) is 2.27. The van der Waals surface area contributed by atoms with E-state index in [2.05, 4.69) is 4.98 Å². The lowest BCUT2D eigenvalue weighted by molar-refractivity contribution is 1.43. The van der Waals surface area contributed by atoms with E-state index in [1.807, 2.05) is 19.2 Å². The van der Waals surface area contributed by atoms with Gasteiger partial charge in [-0.3, -0.25) is 0 Å². The van der Waals surface area contributed by atoms with Crippen molar-refractivity contribution < 1.29 is 0 Å². The fraction of sp³-hybridized carbons (Fsp3) is 0.111. The smallest absolute Gasteiger partial charge is 0.0667 e. The second-order valence-corrected chi connectivity index (χ2v) is 3.30. The lowest BCUT2D eigenvalue weighted by Gasteiger charge is -1.97. The van der Waals surface area contributed by atoms with Crippen molar-refractivity contribution in [2.24, 2.45) is 0 Å². The molecule has 0 aliphatic heterocycles. The van der Waals surface area contributed by atoms with Gasteiger partial charge in [-0.1, -0.05) is 11.6 Å². The number of rotatable bonds is 0. The Morgan fingerprint density at radius 1 is 1.42 bits per heavy atom. The highest BCUT2D eigenvalue weighted by molar-refractivity contribution is 6.35. The van der Waals surface area contributed by atoms with Crippen LogP contribution in [0.5, 0.6) is 0 Å². The summed E-state index contributed by atoms with van der Waals surface area (Å²) in [5.74, 6) is 0. The lowest BCUT2D eigenvalue weighted by Crippen LogP contribution is -1.84. The maximum absolute atomic E-state index is 5.96. The molecule has 3 heteroatoms. The minimum Gasteiger partial charge on any atom is -0.399 e. The van der Waals surface area contributed by atoms with Crippen LogP contribution in [0.25, 0.3) is 10.9 Å². The van der Waals surface area contributed by atoms with Crippen LogP contribution in [0.15, 0.2) is 18.3 Å². The summed E-state index contributed by atoms with van der Waals surface area (Å²) < 4.78 is 0. The highest BCUT2D eigenvalue weighted by atomic mass is 35.5. The summed E-state index contributed by atoms with van der Waals surface area (Å²) in [6.45, 7) is 2.02. The van der Waals surface area contributed by atoms with E-state index in [0.29, 0.717) is 10.7 Å². The van der Waals surface area contributed by atoms with Gasteiger partial charge in [-0.05, 0) is 24.6 Å². The first-order valence-corrected chi connectivity index (χ1v) is 4.09. The molecule has 0 spiro atoms. The molecule has 3 N–H and O–H groups in total. The number of benzene rings is 1. The molecule has 2 rings (SSSR count). The molecule has 0 aliphatic rings. The first-order chi connectivity index (χ1) is 5.68. The van der Waals surface area contributed by atoms with Crippen LogP contribution in [0.1, 0.15) is 5.56 Å². The van der Waals surface area contributed by atoms with E-state index in [0.717, 1.165) is 10.9 Å². The number of nitrogen functional groups attached to an aromatic ring is 1. The largest absolute Gasteiger partial charge is 0.399 e. The number of aromatic nitrogens is 1. The second kappa shape index (κ2) is 2.42. The molecule has 0 fully saturated rings. The Bertz CT molecular complexity index is 431. The van der Waals surface area contributed by atoms with E-state index in [-0.39, 0.29) is 0 Å². The molecule has 0 atom stereocenters. The molecule has 1 aromatic carbocycles. The zero-order valence-corrected chi connectivity index (χ0v) is 7.44. The molecule has 0 amide bonds. The van der Waals surface area contributed by atoms with E-state index >= 15 is 0 Å². The molecule has 0 saturated carbocycles. The lowest BCUT2D eigenvalue weighted by atomic mass is 10.2. The molecule has 2 aromatic rings. The Kier molecular flexibility index (Phi) is 1.51. The molecule has 1 heterocycles. The number of hydrogen-bond donors (Lipinski definition) is 2. The summed E-state index contributed by atoms with van der Waals surface area (Å²) in [6, 6.07) is 3.67. The van der Waals surface area contributed by atoms with Gasteiger partial charge in [-0.25, -0.2) is 0 Å². The molecule has 62 valence electrons. The molecule has 0 radical (unpaired) electrons. The van der Waals surface area contributed by atoms with Gasteiger partial charge in [-0.15, -0.1) is 0 Å². The topological polar surface area (TPSA) is 41.8 Å². The maximum atomic E-state index is 5.96. The Balaban J connectivity index is 2.92. The SMILES string of the molecule is Cc1c[nH]c2c(Cl)cc(N)cc12. The third kappa shape index (κ3) is 0.959. The van der Waals surface area contributed by atoms with E-state index in [9.17, 15) is 0 Å². The van der Waals surface area contributed by atoms with Gasteiger partial charge in [0.25, 0.3) is 0 Å². The Morgan fingerprint density at radius 3 is 2.92 bits per heavy atom. The minimum atomic E-state index is 0.679. The van der Waals surface area contributed by atoms with Crippen molar-refractivity contribution in [3.8, 4) is 0 Å². The summed E-state index contributed by atoms with van der Waals surface area (Å²) in [6.07, 6.45) is 1.93. The van der Waals surface area contributed by atoms with E-state index in [1.54, 1.807) is 6.07 Å². The van der Waals surface area contributed by atoms with Crippen LogP contribution in [0, 0.1) is 6.92 Å². The Hall–Kier alpha value is -1.15. The van der Waals surface area contributed by atoms with Crippen molar-refractivity contribution in [2.75, 3.05) is 5.73 Å². The van der Waals surface area contributed by atoms with Crippen LogP contribution in [0.3, 0.4) is 0 Å². The highest BCUT2D eigenvalue weighted by Crippen LogP contribution is 2.27. The summed E-state index contributed by atoms with van der Waals surface area (Å²) in [7, 11) is 0. The standard InChI is InChI=1S/C9H9ClN2/c1-5-4-12-9-7(5)2-6(11)3-8(9)10/h2-4,12H,11H2,1H3. The van der Waals surface area contributed by atoms with Gasteiger partial charge in [0.2, 0.25) is 0 Å². The van der Waals surface area contributed by atoms with Gasteiger partial charge in [0, 0.05) is 17.3 Å². The molecular formula is C9H9ClN2. The van der Waals surface area contributed by atoms with Crippen LogP contribution in [0.4, 0.5) is 5.69 Å². The summed E-state index contributed by atoms with van der Waals surface area (Å²) in [4.78, 5) is 3.10. The zero-order valence-electron chi connectivity index (χ0n) is 6.69. The average Bonchev–Trinajstić information content (AvgIpc) is 2.33. The summed E-state index contributed by atoms with van der Waals surface area (Å²) in [5.41, 5.74) is 8.49. The average molecular weight is 181 g/mol. The van der Waals surface area contributed by atoms with E-state index in [4.69, 9.17) is 17.3 Å². The first-order valence-electron chi connectivity index (χ1n) is 3.71. The van der Waals surface area contributed by atoms with Gasteiger partial charge in [0.05, 0.1) is 10.5 Å². The number of halogens is 1. The van der Waals surface area contributed by atoms with Gasteiger partial charge >= 0.3 is 0 Å². The number of fused-ring (bicyclic) bond motifs is 1. The molecule has 0 bridgehead atoms. The predicted octanol–water partition coefficient (Wildman–Crippen LogP) is 2.71. The van der Waals surface area contributed by atoms with E-state index < -0.39 is 0 Å². The van der Waals surface area contributed by atoms with E-state index in [1.165, 1.54) is 5.56 Å². The number of aryl methyl sites for hydroxylation is 1. The fourth-order valence-corrected chi connectivity index (χ4v) is 1.63. The van der Waals surface area contributed by atoms with Gasteiger partial charge < -0.3 is 10.7 Å². The highest BCUT2D eigenvalue weighted by Gasteiger charge is 2.03. The zero-order chi connectivity index (χ0) is 8.72. The molecule has 0 unspecified atom stereocenters. The minimum absolute atomic E-state index is 0.679. The van der Waals surface area contributed by atoms with Gasteiger partial charge in [-0.2, -0.15) is 0 Å². The maximum Gasteiger partial charge on any atom is 0.0667 e. The normalized spacial score (nSPS) is 10.8. The van der Waals surface area contributed by atoms with Crippen LogP contribution < -0.4 is 5.73 Å². The number of H-pyrrole nitrogens is 1. The van der Waals surface area contributed by atoms with Crippen molar-refractivity contribution in [3.05, 3.63) is 28.9 Å². The molecular weight excluding hydrogens is 172 g/mol. The van der Waals surface area contributed by atoms with Crippen molar-refractivity contribution in [2.45, 2.75) is 6.92 Å². The van der Waals surface area contributed by atoms with Crippen molar-refractivity contribution in [1.82, 2.24) is 4.98 Å². The number of aromatic amines is 1. The Labute approximate surface area is 75.3 Å².